The number of amides is 1. The van der Waals surface area contributed by atoms with Gasteiger partial charge in [0.2, 0.25) is 11.7 Å². The van der Waals surface area contributed by atoms with Crippen LogP contribution in [0.2, 0.25) is 0 Å². The van der Waals surface area contributed by atoms with Gasteiger partial charge in [-0.2, -0.15) is 0 Å². The number of fused-ring (bicyclic) bond motifs is 4. The van der Waals surface area contributed by atoms with Crippen LogP contribution in [0, 0.1) is 0 Å². The van der Waals surface area contributed by atoms with Gasteiger partial charge < -0.3 is 4.90 Å². The smallest absolute Gasteiger partial charge is 0.265 e. The van der Waals surface area contributed by atoms with Gasteiger partial charge in [0.25, 0.3) is 5.56 Å². The molecule has 0 bridgehead atoms. The third kappa shape index (κ3) is 3.88. The van der Waals surface area contributed by atoms with Crippen molar-refractivity contribution in [2.24, 2.45) is 0 Å². The topological polar surface area (TPSA) is 72.5 Å². The SMILES string of the molecule is CCN(CC)C(=O)CSc1nn(C(C)C)c2nc3c(c(=O)n12)C(C)(CC)Cc1ccccc1-3. The Morgan fingerprint density at radius 3 is 2.55 bits per heavy atom. The lowest BCUT2D eigenvalue weighted by Crippen LogP contribution is -2.38. The van der Waals surface area contributed by atoms with E-state index in [1.165, 1.54) is 17.3 Å². The van der Waals surface area contributed by atoms with Crippen LogP contribution in [-0.2, 0) is 16.6 Å². The van der Waals surface area contributed by atoms with E-state index in [1.807, 2.05) is 39.8 Å². The fourth-order valence-corrected chi connectivity index (χ4v) is 5.58. The van der Waals surface area contributed by atoms with Crippen LogP contribution < -0.4 is 5.56 Å². The third-order valence-corrected chi connectivity index (χ3v) is 7.74. The van der Waals surface area contributed by atoms with Crippen LogP contribution in [0.15, 0.2) is 34.2 Å². The highest BCUT2D eigenvalue weighted by molar-refractivity contribution is 7.99. The van der Waals surface area contributed by atoms with Crippen molar-refractivity contribution in [3.63, 3.8) is 0 Å². The maximum atomic E-state index is 14.1. The highest BCUT2D eigenvalue weighted by Gasteiger charge is 2.38. The summed E-state index contributed by atoms with van der Waals surface area (Å²) in [4.78, 5) is 33.5. The van der Waals surface area contributed by atoms with Gasteiger partial charge >= 0.3 is 0 Å². The largest absolute Gasteiger partial charge is 0.343 e. The molecule has 3 aromatic rings. The Balaban J connectivity index is 1.93. The molecular weight excluding hydrogens is 434 g/mol. The summed E-state index contributed by atoms with van der Waals surface area (Å²) in [5.41, 5.74) is 3.39. The lowest BCUT2D eigenvalue weighted by atomic mass is 9.69. The second kappa shape index (κ2) is 8.97. The first-order valence-electron chi connectivity index (χ1n) is 11.8. The number of rotatable bonds is 7. The van der Waals surface area contributed by atoms with E-state index in [1.54, 1.807) is 14.0 Å². The number of nitrogens with zero attached hydrogens (tertiary/aromatic N) is 5. The molecule has 0 aliphatic heterocycles. The molecule has 0 N–H and O–H groups in total. The van der Waals surface area contributed by atoms with Gasteiger partial charge in [0.1, 0.15) is 0 Å². The summed E-state index contributed by atoms with van der Waals surface area (Å²) in [5, 5.41) is 5.27. The average Bonchev–Trinajstić information content (AvgIpc) is 3.17. The summed E-state index contributed by atoms with van der Waals surface area (Å²) in [6.45, 7) is 13.6. The van der Waals surface area contributed by atoms with Crippen LogP contribution >= 0.6 is 11.8 Å². The van der Waals surface area contributed by atoms with E-state index in [2.05, 4.69) is 26.0 Å². The molecule has 1 unspecified atom stereocenters. The van der Waals surface area contributed by atoms with Crippen LogP contribution in [-0.4, -0.2) is 48.8 Å². The molecule has 1 aliphatic rings. The predicted octanol–water partition coefficient (Wildman–Crippen LogP) is 4.32. The van der Waals surface area contributed by atoms with Crippen molar-refractivity contribution in [3.8, 4) is 11.3 Å². The predicted molar refractivity (Wildman–Crippen MR) is 133 cm³/mol. The van der Waals surface area contributed by atoms with Gasteiger partial charge in [-0.1, -0.05) is 49.9 Å². The quantitative estimate of drug-likeness (QED) is 0.484. The summed E-state index contributed by atoms with van der Waals surface area (Å²) in [7, 11) is 0. The molecule has 0 fully saturated rings. The van der Waals surface area contributed by atoms with Crippen LogP contribution in [0.5, 0.6) is 0 Å². The summed E-state index contributed by atoms with van der Waals surface area (Å²) in [5.74, 6) is 0.814. The van der Waals surface area contributed by atoms with Gasteiger partial charge in [-0.05, 0) is 46.1 Å². The number of thioether (sulfide) groups is 1. The van der Waals surface area contributed by atoms with Gasteiger partial charge in [0.15, 0.2) is 5.16 Å². The molecule has 2 aromatic heterocycles. The molecule has 1 amide bonds. The van der Waals surface area contributed by atoms with Crippen molar-refractivity contribution in [3.05, 3.63) is 45.7 Å². The van der Waals surface area contributed by atoms with E-state index >= 15 is 0 Å². The Bertz CT molecular complexity index is 1260. The van der Waals surface area contributed by atoms with E-state index in [9.17, 15) is 9.59 Å². The molecule has 0 spiro atoms. The molecule has 0 saturated heterocycles. The Kier molecular flexibility index (Phi) is 6.40. The molecule has 7 nitrogen and oxygen atoms in total. The monoisotopic (exact) mass is 467 g/mol. The average molecular weight is 468 g/mol. The molecule has 1 aromatic carbocycles. The highest BCUT2D eigenvalue weighted by atomic mass is 32.2. The van der Waals surface area contributed by atoms with Crippen molar-refractivity contribution in [1.29, 1.82) is 0 Å². The molecular formula is C25H33N5O2S. The Morgan fingerprint density at radius 1 is 1.21 bits per heavy atom. The van der Waals surface area contributed by atoms with E-state index in [0.29, 0.717) is 24.0 Å². The molecule has 0 radical (unpaired) electrons. The summed E-state index contributed by atoms with van der Waals surface area (Å²) >= 11 is 1.31. The summed E-state index contributed by atoms with van der Waals surface area (Å²) in [6, 6.07) is 8.26. The molecule has 4 rings (SSSR count). The fraction of sp³-hybridized carbons (Fsp3) is 0.520. The number of benzene rings is 1. The lowest BCUT2D eigenvalue weighted by Gasteiger charge is -2.35. The van der Waals surface area contributed by atoms with Gasteiger partial charge in [-0.3, -0.25) is 9.59 Å². The molecule has 33 heavy (non-hydrogen) atoms. The number of carbonyl (C=O) groups is 1. The van der Waals surface area contributed by atoms with Gasteiger partial charge in [0, 0.05) is 24.1 Å². The van der Waals surface area contributed by atoms with Crippen molar-refractivity contribution in [2.75, 3.05) is 18.8 Å². The van der Waals surface area contributed by atoms with Crippen LogP contribution in [0.4, 0.5) is 0 Å². The maximum Gasteiger partial charge on any atom is 0.265 e. The first-order valence-corrected chi connectivity index (χ1v) is 12.8. The second-order valence-corrected chi connectivity index (χ2v) is 10.1. The van der Waals surface area contributed by atoms with Crippen LogP contribution in [0.1, 0.15) is 65.1 Å². The van der Waals surface area contributed by atoms with E-state index < -0.39 is 0 Å². The minimum absolute atomic E-state index is 0.0224. The molecule has 176 valence electrons. The minimum atomic E-state index is -0.312. The first kappa shape index (κ1) is 23.5. The van der Waals surface area contributed by atoms with Crippen molar-refractivity contribution in [1.82, 2.24) is 24.1 Å². The number of hydrogen-bond donors (Lipinski definition) is 0. The van der Waals surface area contributed by atoms with E-state index in [-0.39, 0.29) is 28.7 Å². The normalized spacial score (nSPS) is 17.3. The summed E-state index contributed by atoms with van der Waals surface area (Å²) < 4.78 is 3.42. The molecule has 2 heterocycles. The lowest BCUT2D eigenvalue weighted by molar-refractivity contribution is -0.127. The second-order valence-electron chi connectivity index (χ2n) is 9.20. The van der Waals surface area contributed by atoms with E-state index in [0.717, 1.165) is 29.7 Å². The highest BCUT2D eigenvalue weighted by Crippen LogP contribution is 2.42. The number of hydrogen-bond acceptors (Lipinski definition) is 5. The zero-order valence-corrected chi connectivity index (χ0v) is 21.2. The third-order valence-electron chi connectivity index (χ3n) is 6.82. The zero-order valence-electron chi connectivity index (χ0n) is 20.4. The standard InChI is InChI=1S/C25H33N5O2S/c1-7-25(6)14-17-12-10-11-13-18(17)21-20(25)22(32)29-23(26-21)30(16(4)5)27-24(29)33-15-19(31)28(8-2)9-3/h10-13,16H,7-9,14-15H2,1-6H3. The fourth-order valence-electron chi connectivity index (χ4n) is 4.71. The van der Waals surface area contributed by atoms with Crippen LogP contribution in [0.3, 0.4) is 0 Å². The van der Waals surface area contributed by atoms with Gasteiger partial charge in [-0.15, -0.1) is 5.10 Å². The van der Waals surface area contributed by atoms with E-state index in [4.69, 9.17) is 10.1 Å². The zero-order chi connectivity index (χ0) is 23.9. The van der Waals surface area contributed by atoms with Gasteiger partial charge in [-0.25, -0.2) is 14.1 Å². The van der Waals surface area contributed by atoms with Crippen molar-refractivity contribution < 1.29 is 4.79 Å². The maximum absolute atomic E-state index is 14.1. The Morgan fingerprint density at radius 2 is 1.91 bits per heavy atom. The molecule has 8 heteroatoms. The number of aromatic nitrogens is 4. The van der Waals surface area contributed by atoms with Crippen LogP contribution in [0.25, 0.3) is 17.0 Å². The number of carbonyl (C=O) groups excluding carboxylic acids is 1. The minimum Gasteiger partial charge on any atom is -0.343 e. The Hall–Kier alpha value is -2.61. The summed E-state index contributed by atoms with van der Waals surface area (Å²) in [6.07, 6.45) is 1.63. The molecule has 1 aliphatic carbocycles. The van der Waals surface area contributed by atoms with Gasteiger partial charge in [0.05, 0.1) is 23.1 Å². The first-order chi connectivity index (χ1) is 15.8. The Labute approximate surface area is 199 Å². The van der Waals surface area contributed by atoms with Crippen molar-refractivity contribution >= 4 is 23.4 Å². The molecule has 1 atom stereocenters. The van der Waals surface area contributed by atoms with Crippen molar-refractivity contribution in [2.45, 2.75) is 71.0 Å². The molecule has 0 saturated carbocycles.